The van der Waals surface area contributed by atoms with Gasteiger partial charge < -0.3 is 16.0 Å². The van der Waals surface area contributed by atoms with Crippen LogP contribution in [0.3, 0.4) is 0 Å². The van der Waals surface area contributed by atoms with E-state index in [1.54, 1.807) is 12.1 Å². The lowest BCUT2D eigenvalue weighted by molar-refractivity contribution is 0.0161. The maximum atomic E-state index is 14.2. The molecule has 0 radical (unpaired) electrons. The second kappa shape index (κ2) is 8.41. The Morgan fingerprint density at radius 1 is 1.41 bits per heavy atom. The third kappa shape index (κ3) is 4.87. The first-order valence-electron chi connectivity index (χ1n) is 9.79. The van der Waals surface area contributed by atoms with Gasteiger partial charge in [-0.05, 0) is 36.6 Å². The molecular weight excluding hydrogens is 376 g/mol. The van der Waals surface area contributed by atoms with E-state index in [2.05, 4.69) is 29.1 Å². The normalized spacial score (nSPS) is 17.6. The van der Waals surface area contributed by atoms with Crippen LogP contribution in [0.4, 0.5) is 20.4 Å². The average Bonchev–Trinajstić information content (AvgIpc) is 2.66. The molecule has 6 nitrogen and oxygen atoms in total. The lowest BCUT2D eigenvalue weighted by Gasteiger charge is -2.35. The Hall–Kier alpha value is -2.61. The van der Waals surface area contributed by atoms with Crippen molar-refractivity contribution in [3.8, 4) is 0 Å². The highest BCUT2D eigenvalue weighted by Crippen LogP contribution is 2.32. The van der Waals surface area contributed by atoms with Crippen LogP contribution in [-0.2, 0) is 5.92 Å². The molecule has 1 fully saturated rings. The van der Waals surface area contributed by atoms with Gasteiger partial charge in [0.1, 0.15) is 17.3 Å². The van der Waals surface area contributed by atoms with Crippen molar-refractivity contribution in [2.75, 3.05) is 30.3 Å². The molecule has 0 unspecified atom stereocenters. The predicted octanol–water partition coefficient (Wildman–Crippen LogP) is 3.96. The molecule has 3 rings (SSSR count). The number of carbonyl (C=O) groups is 1. The number of halogens is 2. The second-order valence-electron chi connectivity index (χ2n) is 7.95. The van der Waals surface area contributed by atoms with Gasteiger partial charge >= 0.3 is 0 Å². The lowest BCUT2D eigenvalue weighted by atomic mass is 10.00. The van der Waals surface area contributed by atoms with Gasteiger partial charge in [0, 0.05) is 43.1 Å². The number of ketones is 1. The Morgan fingerprint density at radius 2 is 2.17 bits per heavy atom. The predicted molar refractivity (Wildman–Crippen MR) is 116 cm³/mol. The first kappa shape index (κ1) is 21.1. The van der Waals surface area contributed by atoms with E-state index in [-0.39, 0.29) is 27.4 Å². The number of hydrogen-bond donors (Lipinski definition) is 2. The van der Waals surface area contributed by atoms with Crippen LogP contribution in [0.15, 0.2) is 30.5 Å². The van der Waals surface area contributed by atoms with E-state index in [4.69, 9.17) is 5.73 Å². The van der Waals surface area contributed by atoms with Crippen molar-refractivity contribution >= 4 is 17.4 Å². The highest BCUT2D eigenvalue weighted by molar-refractivity contribution is 6.11. The van der Waals surface area contributed by atoms with Crippen LogP contribution in [0.25, 0.3) is 0 Å². The lowest BCUT2D eigenvalue weighted by Crippen LogP contribution is -2.51. The van der Waals surface area contributed by atoms with Crippen molar-refractivity contribution in [3.05, 3.63) is 47.3 Å². The Kier molecular flexibility index (Phi) is 6.12. The summed E-state index contributed by atoms with van der Waals surface area (Å²) < 4.78 is 28.4. The molecule has 2 aromatic rings. The smallest absolute Gasteiger partial charge is 0.272 e. The standard InChI is InChI=1S/C21H27F2N5O.3H2/c1-13(2)11-14-12-28(10-9-25-14)17-7-6-16(21(3,22)23)18(27-17)19(29)15-5-4-8-26-20(15)24;;;/h4-8,13-14,25H,9-12H2,1-3H3,(H2,24,26);3*1H/t14-;;;/m0.../s1. The quantitative estimate of drug-likeness (QED) is 0.703. The Bertz CT molecular complexity index is 896. The van der Waals surface area contributed by atoms with Gasteiger partial charge in [0.25, 0.3) is 5.92 Å². The fourth-order valence-electron chi connectivity index (χ4n) is 3.65. The molecular formula is C21H33F2N5O. The summed E-state index contributed by atoms with van der Waals surface area (Å²) in [5.41, 5.74) is 5.17. The molecule has 0 aliphatic carbocycles. The molecule has 2 aromatic heterocycles. The highest BCUT2D eigenvalue weighted by atomic mass is 19.3. The summed E-state index contributed by atoms with van der Waals surface area (Å²) in [6.07, 6.45) is 2.44. The molecule has 1 aliphatic rings. The number of aromatic nitrogens is 2. The molecule has 1 aliphatic heterocycles. The molecule has 0 saturated carbocycles. The summed E-state index contributed by atoms with van der Waals surface area (Å²) in [4.78, 5) is 23.3. The Labute approximate surface area is 174 Å². The van der Waals surface area contributed by atoms with Gasteiger partial charge in [0.05, 0.1) is 11.1 Å². The summed E-state index contributed by atoms with van der Waals surface area (Å²) in [5, 5.41) is 3.48. The number of hydrogen-bond acceptors (Lipinski definition) is 6. The molecule has 3 N–H and O–H groups in total. The fraction of sp³-hybridized carbons (Fsp3) is 0.476. The zero-order valence-electron chi connectivity index (χ0n) is 17.0. The van der Waals surface area contributed by atoms with Crippen molar-refractivity contribution < 1.29 is 17.9 Å². The molecule has 0 aromatic carbocycles. The number of nitrogens with two attached hydrogens (primary N) is 1. The first-order chi connectivity index (χ1) is 13.7. The summed E-state index contributed by atoms with van der Waals surface area (Å²) in [6.45, 7) is 7.24. The molecule has 0 amide bonds. The number of piperazine rings is 1. The van der Waals surface area contributed by atoms with Gasteiger partial charge in [-0.25, -0.2) is 18.7 Å². The zero-order valence-corrected chi connectivity index (χ0v) is 17.0. The maximum absolute atomic E-state index is 14.2. The minimum atomic E-state index is -3.21. The van der Waals surface area contributed by atoms with Gasteiger partial charge in [-0.2, -0.15) is 0 Å². The minimum absolute atomic E-state index is 0. The number of rotatable bonds is 6. The number of nitrogens with one attached hydrogen (secondary N) is 1. The third-order valence-electron chi connectivity index (χ3n) is 4.99. The fourth-order valence-corrected chi connectivity index (χ4v) is 3.65. The molecule has 0 bridgehead atoms. The van der Waals surface area contributed by atoms with Crippen molar-refractivity contribution in [1.29, 1.82) is 0 Å². The van der Waals surface area contributed by atoms with Gasteiger partial charge in [-0.15, -0.1) is 0 Å². The van der Waals surface area contributed by atoms with Crippen LogP contribution in [-0.4, -0.2) is 41.4 Å². The van der Waals surface area contributed by atoms with Crippen molar-refractivity contribution in [1.82, 2.24) is 15.3 Å². The molecule has 8 heteroatoms. The number of alkyl halides is 2. The van der Waals surface area contributed by atoms with E-state index in [0.29, 0.717) is 24.8 Å². The largest absolute Gasteiger partial charge is 0.383 e. The summed E-state index contributed by atoms with van der Waals surface area (Å²) in [7, 11) is 0. The molecule has 1 atom stereocenters. The van der Waals surface area contributed by atoms with Gasteiger partial charge in [0.2, 0.25) is 5.78 Å². The van der Waals surface area contributed by atoms with E-state index < -0.39 is 17.3 Å². The third-order valence-corrected chi connectivity index (χ3v) is 4.99. The SMILES string of the molecule is CC(C)C[C@H]1CN(c2ccc(C(C)(F)F)c(C(=O)c3cccnc3N)n2)CCN1.[HH].[HH].[HH]. The number of pyridine rings is 2. The molecule has 29 heavy (non-hydrogen) atoms. The van der Waals surface area contributed by atoms with Gasteiger partial charge in [-0.3, -0.25) is 4.79 Å². The van der Waals surface area contributed by atoms with E-state index in [9.17, 15) is 13.6 Å². The van der Waals surface area contributed by atoms with E-state index in [1.807, 2.05) is 4.90 Å². The summed E-state index contributed by atoms with van der Waals surface area (Å²) >= 11 is 0. The first-order valence-corrected chi connectivity index (χ1v) is 9.79. The Morgan fingerprint density at radius 3 is 2.83 bits per heavy atom. The topological polar surface area (TPSA) is 84.1 Å². The maximum Gasteiger partial charge on any atom is 0.272 e. The average molecular weight is 410 g/mol. The number of anilines is 2. The van der Waals surface area contributed by atoms with Crippen LogP contribution in [0.1, 0.15) is 53.1 Å². The molecule has 1 saturated heterocycles. The van der Waals surface area contributed by atoms with Gasteiger partial charge in [-0.1, -0.05) is 13.8 Å². The van der Waals surface area contributed by atoms with E-state index in [1.165, 1.54) is 18.3 Å². The van der Waals surface area contributed by atoms with Crippen LogP contribution < -0.4 is 16.0 Å². The van der Waals surface area contributed by atoms with Gasteiger partial charge in [0.15, 0.2) is 0 Å². The zero-order chi connectivity index (χ0) is 21.2. The highest BCUT2D eigenvalue weighted by Gasteiger charge is 2.33. The Balaban J connectivity index is 0.00000320. The number of nitrogens with zero attached hydrogens (tertiary/aromatic N) is 3. The molecule has 3 heterocycles. The number of nitrogen functional groups attached to an aromatic ring is 1. The van der Waals surface area contributed by atoms with Crippen LogP contribution in [0, 0.1) is 5.92 Å². The van der Waals surface area contributed by atoms with Crippen molar-refractivity contribution in [2.45, 2.75) is 39.2 Å². The molecule has 0 spiro atoms. The van der Waals surface area contributed by atoms with E-state index in [0.717, 1.165) is 19.9 Å². The monoisotopic (exact) mass is 409 g/mol. The minimum Gasteiger partial charge on any atom is -0.383 e. The van der Waals surface area contributed by atoms with Crippen LogP contribution in [0.2, 0.25) is 0 Å². The van der Waals surface area contributed by atoms with Crippen molar-refractivity contribution in [2.24, 2.45) is 5.92 Å². The van der Waals surface area contributed by atoms with Crippen LogP contribution >= 0.6 is 0 Å². The van der Waals surface area contributed by atoms with E-state index >= 15 is 0 Å². The number of carbonyl (C=O) groups excluding carboxylic acids is 1. The second-order valence-corrected chi connectivity index (χ2v) is 7.95. The van der Waals surface area contributed by atoms with Crippen molar-refractivity contribution in [3.63, 3.8) is 0 Å². The van der Waals surface area contributed by atoms with Crippen LogP contribution in [0.5, 0.6) is 0 Å². The summed E-state index contributed by atoms with van der Waals surface area (Å²) in [6, 6.07) is 6.16. The molecule has 162 valence electrons. The summed E-state index contributed by atoms with van der Waals surface area (Å²) in [5.74, 6) is -2.82.